The minimum absolute atomic E-state index is 0.0109. The van der Waals surface area contributed by atoms with Crippen LogP contribution in [0.15, 0.2) is 72.9 Å². The molecule has 0 spiro atoms. The molecule has 0 saturated heterocycles. The van der Waals surface area contributed by atoms with E-state index in [1.165, 1.54) is 18.2 Å². The highest BCUT2D eigenvalue weighted by atomic mass is 16.6. The SMILES string of the molecule is COc1ccc(C(=O)/C=C/c2cccnc2Nc2ccc([N+](=O)[O-])cc2)cc1. The molecule has 1 N–H and O–H groups in total. The van der Waals surface area contributed by atoms with Crippen molar-refractivity contribution in [2.75, 3.05) is 12.4 Å². The molecule has 2 aromatic carbocycles. The number of carbonyl (C=O) groups excluding carboxylic acids is 1. The van der Waals surface area contributed by atoms with Gasteiger partial charge < -0.3 is 10.1 Å². The van der Waals surface area contributed by atoms with Crippen LogP contribution in [0.3, 0.4) is 0 Å². The number of nitro groups is 1. The van der Waals surface area contributed by atoms with Crippen LogP contribution in [0.1, 0.15) is 15.9 Å². The molecular formula is C21H17N3O4. The van der Waals surface area contributed by atoms with Gasteiger partial charge in [-0.3, -0.25) is 14.9 Å². The Labute approximate surface area is 161 Å². The summed E-state index contributed by atoms with van der Waals surface area (Å²) in [7, 11) is 1.57. The van der Waals surface area contributed by atoms with Crippen LogP contribution < -0.4 is 10.1 Å². The molecule has 1 aromatic heterocycles. The third-order valence-corrected chi connectivity index (χ3v) is 3.97. The van der Waals surface area contributed by atoms with Gasteiger partial charge in [-0.1, -0.05) is 0 Å². The lowest BCUT2D eigenvalue weighted by atomic mass is 10.1. The first kappa shape index (κ1) is 18.8. The first-order valence-electron chi connectivity index (χ1n) is 8.40. The van der Waals surface area contributed by atoms with E-state index in [1.54, 1.807) is 61.8 Å². The minimum atomic E-state index is -0.455. The van der Waals surface area contributed by atoms with Crippen LogP contribution in [-0.2, 0) is 0 Å². The van der Waals surface area contributed by atoms with E-state index in [0.717, 1.165) is 0 Å². The third-order valence-electron chi connectivity index (χ3n) is 3.97. The highest BCUT2D eigenvalue weighted by Gasteiger charge is 2.07. The molecule has 1 heterocycles. The highest BCUT2D eigenvalue weighted by molar-refractivity contribution is 6.07. The number of allylic oxidation sites excluding steroid dienone is 1. The van der Waals surface area contributed by atoms with E-state index < -0.39 is 4.92 Å². The van der Waals surface area contributed by atoms with Crippen LogP contribution in [-0.4, -0.2) is 22.8 Å². The summed E-state index contributed by atoms with van der Waals surface area (Å²) in [5, 5.41) is 13.9. The number of ether oxygens (including phenoxy) is 1. The Hall–Kier alpha value is -4.00. The molecule has 0 aliphatic heterocycles. The molecule has 0 amide bonds. The number of rotatable bonds is 7. The van der Waals surface area contributed by atoms with Crippen molar-refractivity contribution in [3.63, 3.8) is 0 Å². The number of pyridine rings is 1. The van der Waals surface area contributed by atoms with Gasteiger partial charge >= 0.3 is 0 Å². The van der Waals surface area contributed by atoms with Gasteiger partial charge in [-0.15, -0.1) is 0 Å². The number of aromatic nitrogens is 1. The van der Waals surface area contributed by atoms with E-state index in [4.69, 9.17) is 4.74 Å². The standard InChI is InChI=1S/C21H17N3O4/c1-28-19-11-4-15(5-12-19)20(25)13-6-16-3-2-14-22-21(16)23-17-7-9-18(10-8-17)24(26)27/h2-14H,1H3,(H,22,23)/b13-6+. The molecule has 140 valence electrons. The van der Waals surface area contributed by atoms with Crippen LogP contribution in [0.2, 0.25) is 0 Å². The number of nitro benzene ring substituents is 1. The highest BCUT2D eigenvalue weighted by Crippen LogP contribution is 2.22. The molecule has 7 heteroatoms. The van der Waals surface area contributed by atoms with E-state index >= 15 is 0 Å². The molecule has 0 radical (unpaired) electrons. The summed E-state index contributed by atoms with van der Waals surface area (Å²) >= 11 is 0. The lowest BCUT2D eigenvalue weighted by Gasteiger charge is -2.08. The van der Waals surface area contributed by atoms with Crippen LogP contribution in [0.4, 0.5) is 17.2 Å². The second-order valence-electron chi connectivity index (χ2n) is 5.80. The maximum absolute atomic E-state index is 12.4. The first-order valence-corrected chi connectivity index (χ1v) is 8.40. The van der Waals surface area contributed by atoms with Gasteiger partial charge in [-0.05, 0) is 60.7 Å². The quantitative estimate of drug-likeness (QED) is 0.280. The van der Waals surface area contributed by atoms with E-state index in [9.17, 15) is 14.9 Å². The molecule has 7 nitrogen and oxygen atoms in total. The van der Waals surface area contributed by atoms with Gasteiger partial charge in [0, 0.05) is 35.1 Å². The number of methoxy groups -OCH3 is 1. The number of anilines is 2. The van der Waals surface area contributed by atoms with Crippen LogP contribution >= 0.6 is 0 Å². The van der Waals surface area contributed by atoms with E-state index in [0.29, 0.717) is 28.4 Å². The van der Waals surface area contributed by atoms with Crippen molar-refractivity contribution in [2.24, 2.45) is 0 Å². The van der Waals surface area contributed by atoms with Crippen molar-refractivity contribution in [2.45, 2.75) is 0 Å². The zero-order valence-corrected chi connectivity index (χ0v) is 15.0. The van der Waals surface area contributed by atoms with Crippen molar-refractivity contribution < 1.29 is 14.5 Å². The summed E-state index contributed by atoms with van der Waals surface area (Å²) in [4.78, 5) is 26.9. The number of nitrogens with one attached hydrogen (secondary N) is 1. The second-order valence-corrected chi connectivity index (χ2v) is 5.80. The Morgan fingerprint density at radius 1 is 1.11 bits per heavy atom. The maximum atomic E-state index is 12.4. The molecule has 28 heavy (non-hydrogen) atoms. The number of carbonyl (C=O) groups is 1. The summed E-state index contributed by atoms with van der Waals surface area (Å²) in [6.07, 6.45) is 4.77. The monoisotopic (exact) mass is 375 g/mol. The van der Waals surface area contributed by atoms with Crippen molar-refractivity contribution in [1.82, 2.24) is 4.98 Å². The average Bonchev–Trinajstić information content (AvgIpc) is 2.73. The van der Waals surface area contributed by atoms with Crippen molar-refractivity contribution in [3.8, 4) is 5.75 Å². The predicted molar refractivity (Wildman–Crippen MR) is 107 cm³/mol. The Morgan fingerprint density at radius 2 is 1.82 bits per heavy atom. The zero-order chi connectivity index (χ0) is 19.9. The molecule has 0 fully saturated rings. The molecule has 0 bridgehead atoms. The Kier molecular flexibility index (Phi) is 5.76. The maximum Gasteiger partial charge on any atom is 0.269 e. The summed E-state index contributed by atoms with van der Waals surface area (Å²) in [5.74, 6) is 1.07. The summed E-state index contributed by atoms with van der Waals surface area (Å²) in [6.45, 7) is 0. The van der Waals surface area contributed by atoms with E-state index in [-0.39, 0.29) is 11.5 Å². The fourth-order valence-electron chi connectivity index (χ4n) is 2.48. The van der Waals surface area contributed by atoms with Crippen LogP contribution in [0, 0.1) is 10.1 Å². The lowest BCUT2D eigenvalue weighted by Crippen LogP contribution is -1.97. The van der Waals surface area contributed by atoms with Gasteiger partial charge in [0.2, 0.25) is 0 Å². The largest absolute Gasteiger partial charge is 0.497 e. The molecule has 0 unspecified atom stereocenters. The Morgan fingerprint density at radius 3 is 2.46 bits per heavy atom. The van der Waals surface area contributed by atoms with Gasteiger partial charge in [-0.25, -0.2) is 4.98 Å². The molecular weight excluding hydrogens is 358 g/mol. The zero-order valence-electron chi connectivity index (χ0n) is 15.0. The van der Waals surface area contributed by atoms with E-state index in [2.05, 4.69) is 10.3 Å². The number of ketones is 1. The topological polar surface area (TPSA) is 94.4 Å². The number of benzene rings is 2. The van der Waals surface area contributed by atoms with Crippen molar-refractivity contribution >= 4 is 29.1 Å². The molecule has 3 rings (SSSR count). The normalized spacial score (nSPS) is 10.6. The third kappa shape index (κ3) is 4.59. The van der Waals surface area contributed by atoms with E-state index in [1.807, 2.05) is 6.07 Å². The van der Waals surface area contributed by atoms with Crippen molar-refractivity contribution in [3.05, 3.63) is 94.2 Å². The second kappa shape index (κ2) is 8.59. The smallest absolute Gasteiger partial charge is 0.269 e. The minimum Gasteiger partial charge on any atom is -0.497 e. The fourth-order valence-corrected chi connectivity index (χ4v) is 2.48. The first-order chi connectivity index (χ1) is 13.6. The van der Waals surface area contributed by atoms with Gasteiger partial charge in [0.1, 0.15) is 11.6 Å². The Bertz CT molecular complexity index is 1010. The Balaban J connectivity index is 1.76. The van der Waals surface area contributed by atoms with Crippen LogP contribution in [0.25, 0.3) is 6.08 Å². The van der Waals surface area contributed by atoms with Gasteiger partial charge in [0.25, 0.3) is 5.69 Å². The predicted octanol–water partition coefficient (Wildman–Crippen LogP) is 4.64. The summed E-state index contributed by atoms with van der Waals surface area (Å²) in [5.41, 5.74) is 1.92. The number of hydrogen-bond acceptors (Lipinski definition) is 6. The van der Waals surface area contributed by atoms with Gasteiger partial charge in [0.05, 0.1) is 12.0 Å². The number of hydrogen-bond donors (Lipinski definition) is 1. The molecule has 0 atom stereocenters. The lowest BCUT2D eigenvalue weighted by molar-refractivity contribution is -0.384. The van der Waals surface area contributed by atoms with Crippen LogP contribution in [0.5, 0.6) is 5.75 Å². The molecule has 3 aromatic rings. The van der Waals surface area contributed by atoms with Crippen molar-refractivity contribution in [1.29, 1.82) is 0 Å². The molecule has 0 aliphatic rings. The molecule has 0 saturated carbocycles. The number of non-ortho nitro benzene ring substituents is 1. The average molecular weight is 375 g/mol. The van der Waals surface area contributed by atoms with Gasteiger partial charge in [0.15, 0.2) is 5.78 Å². The number of nitrogens with zero attached hydrogens (tertiary/aromatic N) is 2. The fraction of sp³-hybridized carbons (Fsp3) is 0.0476. The summed E-state index contributed by atoms with van der Waals surface area (Å²) in [6, 6.07) is 16.5. The summed E-state index contributed by atoms with van der Waals surface area (Å²) < 4.78 is 5.09. The van der Waals surface area contributed by atoms with Gasteiger partial charge in [-0.2, -0.15) is 0 Å². The molecule has 0 aliphatic carbocycles.